The molecule has 1 atom stereocenters. The van der Waals surface area contributed by atoms with Gasteiger partial charge >= 0.3 is 0 Å². The van der Waals surface area contributed by atoms with Crippen LogP contribution in [-0.2, 0) is 4.74 Å². The molecule has 1 aromatic carbocycles. The Balaban J connectivity index is 1.65. The Hall–Kier alpha value is -2.93. The van der Waals surface area contributed by atoms with Crippen LogP contribution in [0.4, 0.5) is 5.69 Å². The van der Waals surface area contributed by atoms with Gasteiger partial charge in [0.2, 0.25) is 5.56 Å². The number of aromatic amines is 1. The molecule has 7 heteroatoms. The van der Waals surface area contributed by atoms with E-state index in [0.29, 0.717) is 36.5 Å². The van der Waals surface area contributed by atoms with Crippen LogP contribution in [0.2, 0.25) is 0 Å². The molecule has 7 nitrogen and oxygen atoms in total. The van der Waals surface area contributed by atoms with E-state index in [9.17, 15) is 14.4 Å². The number of amides is 2. The summed E-state index contributed by atoms with van der Waals surface area (Å²) in [5.41, 5.74) is 1.22. The lowest BCUT2D eigenvalue weighted by molar-refractivity contribution is -0.0124. The van der Waals surface area contributed by atoms with Gasteiger partial charge in [0, 0.05) is 36.6 Å². The van der Waals surface area contributed by atoms with E-state index in [0.717, 1.165) is 0 Å². The summed E-state index contributed by atoms with van der Waals surface area (Å²) in [6.07, 6.45) is 1.39. The van der Waals surface area contributed by atoms with Crippen LogP contribution in [0.5, 0.6) is 0 Å². The number of benzene rings is 1. The van der Waals surface area contributed by atoms with Crippen LogP contribution in [0, 0.1) is 0 Å². The summed E-state index contributed by atoms with van der Waals surface area (Å²) in [7, 11) is 0. The van der Waals surface area contributed by atoms with Gasteiger partial charge in [-0.15, -0.1) is 0 Å². The Labute approximate surface area is 144 Å². The standard InChI is InChI=1S/C18H19N3O4/c1-12-11-21(8-9-25-12)18(24)13-2-5-15(6-3-13)20-17(23)14-4-7-16(22)19-10-14/h2-7,10,12H,8-9,11H2,1H3,(H,19,22)(H,20,23). The normalized spacial score (nSPS) is 17.2. The van der Waals surface area contributed by atoms with Gasteiger partial charge in [0.05, 0.1) is 18.3 Å². The predicted octanol–water partition coefficient (Wildman–Crippen LogP) is 1.49. The number of aromatic nitrogens is 1. The zero-order chi connectivity index (χ0) is 17.8. The Bertz CT molecular complexity index is 808. The third-order valence-electron chi connectivity index (χ3n) is 3.96. The number of rotatable bonds is 3. The third-order valence-corrected chi connectivity index (χ3v) is 3.96. The van der Waals surface area contributed by atoms with Crippen molar-refractivity contribution in [1.29, 1.82) is 0 Å². The minimum Gasteiger partial charge on any atom is -0.375 e. The summed E-state index contributed by atoms with van der Waals surface area (Å²) in [5, 5.41) is 2.72. The van der Waals surface area contributed by atoms with Crippen LogP contribution in [0.1, 0.15) is 27.6 Å². The number of anilines is 1. The minimum atomic E-state index is -0.336. The van der Waals surface area contributed by atoms with Crippen LogP contribution in [-0.4, -0.2) is 47.5 Å². The maximum atomic E-state index is 12.5. The van der Waals surface area contributed by atoms with E-state index in [-0.39, 0.29) is 23.5 Å². The second kappa shape index (κ2) is 7.31. The summed E-state index contributed by atoms with van der Waals surface area (Å²) < 4.78 is 5.44. The second-order valence-corrected chi connectivity index (χ2v) is 5.91. The third kappa shape index (κ3) is 4.13. The van der Waals surface area contributed by atoms with Crippen molar-refractivity contribution in [3.05, 3.63) is 64.1 Å². The van der Waals surface area contributed by atoms with Crippen LogP contribution >= 0.6 is 0 Å². The lowest BCUT2D eigenvalue weighted by Gasteiger charge is -2.31. The first-order chi connectivity index (χ1) is 12.0. The molecule has 0 spiro atoms. The van der Waals surface area contributed by atoms with Crippen molar-refractivity contribution >= 4 is 17.5 Å². The van der Waals surface area contributed by atoms with E-state index in [1.807, 2.05) is 6.92 Å². The molecule has 1 aliphatic rings. The number of carbonyl (C=O) groups is 2. The average molecular weight is 341 g/mol. The molecule has 2 heterocycles. The number of carbonyl (C=O) groups excluding carboxylic acids is 2. The minimum absolute atomic E-state index is 0.0357. The highest BCUT2D eigenvalue weighted by Gasteiger charge is 2.22. The summed E-state index contributed by atoms with van der Waals surface area (Å²) in [4.78, 5) is 39.8. The Kier molecular flexibility index (Phi) is 4.95. The molecule has 2 amide bonds. The number of morpholine rings is 1. The van der Waals surface area contributed by atoms with E-state index in [1.165, 1.54) is 18.3 Å². The van der Waals surface area contributed by atoms with Crippen molar-refractivity contribution < 1.29 is 14.3 Å². The van der Waals surface area contributed by atoms with Crippen LogP contribution in [0.25, 0.3) is 0 Å². The maximum absolute atomic E-state index is 12.5. The maximum Gasteiger partial charge on any atom is 0.257 e. The summed E-state index contributed by atoms with van der Waals surface area (Å²) in [5.74, 6) is -0.383. The van der Waals surface area contributed by atoms with Gasteiger partial charge in [-0.3, -0.25) is 14.4 Å². The van der Waals surface area contributed by atoms with Crippen molar-refractivity contribution in [2.24, 2.45) is 0 Å². The smallest absolute Gasteiger partial charge is 0.257 e. The molecule has 25 heavy (non-hydrogen) atoms. The first-order valence-electron chi connectivity index (χ1n) is 8.04. The van der Waals surface area contributed by atoms with E-state index >= 15 is 0 Å². The lowest BCUT2D eigenvalue weighted by atomic mass is 10.1. The Morgan fingerprint density at radius 2 is 1.88 bits per heavy atom. The molecule has 2 aromatic rings. The number of nitrogens with zero attached hydrogens (tertiary/aromatic N) is 1. The van der Waals surface area contributed by atoms with Crippen molar-refractivity contribution in [3.8, 4) is 0 Å². The van der Waals surface area contributed by atoms with Crippen molar-refractivity contribution in [2.45, 2.75) is 13.0 Å². The highest BCUT2D eigenvalue weighted by atomic mass is 16.5. The van der Waals surface area contributed by atoms with Gasteiger partial charge in [-0.05, 0) is 37.3 Å². The number of pyridine rings is 1. The van der Waals surface area contributed by atoms with Crippen LogP contribution in [0.3, 0.4) is 0 Å². The molecule has 1 aliphatic heterocycles. The molecule has 1 aromatic heterocycles. The van der Waals surface area contributed by atoms with Gasteiger partial charge in [0.1, 0.15) is 0 Å². The number of hydrogen-bond acceptors (Lipinski definition) is 4. The quantitative estimate of drug-likeness (QED) is 0.885. The average Bonchev–Trinajstić information content (AvgIpc) is 2.62. The van der Waals surface area contributed by atoms with E-state index in [4.69, 9.17) is 4.74 Å². The molecule has 1 unspecified atom stereocenters. The van der Waals surface area contributed by atoms with E-state index in [1.54, 1.807) is 29.2 Å². The molecular weight excluding hydrogens is 322 g/mol. The lowest BCUT2D eigenvalue weighted by Crippen LogP contribution is -2.44. The molecule has 130 valence electrons. The van der Waals surface area contributed by atoms with Crippen molar-refractivity contribution in [1.82, 2.24) is 9.88 Å². The summed E-state index contributed by atoms with van der Waals surface area (Å²) >= 11 is 0. The SMILES string of the molecule is CC1CN(C(=O)c2ccc(NC(=O)c3ccc(=O)[nH]c3)cc2)CCO1. The number of H-pyrrole nitrogens is 1. The topological polar surface area (TPSA) is 91.5 Å². The molecule has 3 rings (SSSR count). The fourth-order valence-electron chi connectivity index (χ4n) is 2.64. The van der Waals surface area contributed by atoms with E-state index in [2.05, 4.69) is 10.3 Å². The van der Waals surface area contributed by atoms with Crippen LogP contribution < -0.4 is 10.9 Å². The molecule has 0 bridgehead atoms. The van der Waals surface area contributed by atoms with E-state index < -0.39 is 0 Å². The predicted molar refractivity (Wildman–Crippen MR) is 92.8 cm³/mol. The summed E-state index contributed by atoms with van der Waals surface area (Å²) in [6.45, 7) is 3.63. The zero-order valence-electron chi connectivity index (χ0n) is 13.8. The van der Waals surface area contributed by atoms with Gasteiger partial charge < -0.3 is 19.9 Å². The Morgan fingerprint density at radius 1 is 1.16 bits per heavy atom. The van der Waals surface area contributed by atoms with Crippen molar-refractivity contribution in [2.75, 3.05) is 25.0 Å². The molecule has 0 saturated carbocycles. The first-order valence-corrected chi connectivity index (χ1v) is 8.04. The fraction of sp³-hybridized carbons (Fsp3) is 0.278. The van der Waals surface area contributed by atoms with Gasteiger partial charge in [-0.1, -0.05) is 0 Å². The first kappa shape index (κ1) is 16.9. The number of ether oxygens (including phenoxy) is 1. The molecule has 0 radical (unpaired) electrons. The second-order valence-electron chi connectivity index (χ2n) is 5.91. The molecule has 2 N–H and O–H groups in total. The molecular formula is C18H19N3O4. The number of hydrogen-bond donors (Lipinski definition) is 2. The monoisotopic (exact) mass is 341 g/mol. The largest absolute Gasteiger partial charge is 0.375 e. The van der Waals surface area contributed by atoms with Gasteiger partial charge in [-0.25, -0.2) is 0 Å². The fourth-order valence-corrected chi connectivity index (χ4v) is 2.64. The molecule has 0 aliphatic carbocycles. The highest BCUT2D eigenvalue weighted by molar-refractivity contribution is 6.04. The molecule has 1 saturated heterocycles. The Morgan fingerprint density at radius 3 is 2.52 bits per heavy atom. The molecule has 1 fully saturated rings. The van der Waals surface area contributed by atoms with Gasteiger partial charge in [-0.2, -0.15) is 0 Å². The zero-order valence-corrected chi connectivity index (χ0v) is 13.8. The van der Waals surface area contributed by atoms with Gasteiger partial charge in [0.25, 0.3) is 11.8 Å². The van der Waals surface area contributed by atoms with Gasteiger partial charge in [0.15, 0.2) is 0 Å². The van der Waals surface area contributed by atoms with Crippen LogP contribution in [0.15, 0.2) is 47.4 Å². The highest BCUT2D eigenvalue weighted by Crippen LogP contribution is 2.14. The van der Waals surface area contributed by atoms with Crippen molar-refractivity contribution in [3.63, 3.8) is 0 Å². The summed E-state index contributed by atoms with van der Waals surface area (Å²) in [6, 6.07) is 9.48. The number of nitrogens with one attached hydrogen (secondary N) is 2.